The van der Waals surface area contributed by atoms with E-state index in [4.69, 9.17) is 26.1 Å². The number of allylic oxidation sites excluding steroid dienone is 1. The molecule has 0 atom stereocenters. The standard InChI is InChI=1S/C32H36ClN3O3/c1-3-11-24-17-18-29(30(22-24)38-2)39-21-20-36-28-15-9-8-14-27(28)35-31(36)16-5-4-10-19-34-32(37)23-25-12-6-7-13-26(25)33/h3,6-9,12-15,17-18,22H,1,4-5,10-11,16,19-21,23H2,2H3,(H,34,37). The number of methoxy groups -OCH3 is 1. The Morgan fingerprint density at radius 3 is 2.69 bits per heavy atom. The highest BCUT2D eigenvalue weighted by Crippen LogP contribution is 2.28. The van der Waals surface area contributed by atoms with Gasteiger partial charge in [0, 0.05) is 18.0 Å². The minimum Gasteiger partial charge on any atom is -0.493 e. The molecule has 0 aliphatic heterocycles. The number of nitrogens with one attached hydrogen (secondary N) is 1. The third-order valence-electron chi connectivity index (χ3n) is 6.62. The van der Waals surface area contributed by atoms with E-state index in [-0.39, 0.29) is 5.91 Å². The van der Waals surface area contributed by atoms with Crippen molar-refractivity contribution in [3.63, 3.8) is 0 Å². The van der Waals surface area contributed by atoms with Crippen molar-refractivity contribution >= 4 is 28.5 Å². The predicted molar refractivity (Wildman–Crippen MR) is 158 cm³/mol. The van der Waals surface area contributed by atoms with Crippen LogP contribution in [0.5, 0.6) is 11.5 Å². The number of ether oxygens (including phenoxy) is 2. The molecule has 6 nitrogen and oxygen atoms in total. The topological polar surface area (TPSA) is 65.4 Å². The lowest BCUT2D eigenvalue weighted by Crippen LogP contribution is -2.26. The highest BCUT2D eigenvalue weighted by molar-refractivity contribution is 6.31. The van der Waals surface area contributed by atoms with Gasteiger partial charge < -0.3 is 19.4 Å². The van der Waals surface area contributed by atoms with Gasteiger partial charge in [0.1, 0.15) is 12.4 Å². The van der Waals surface area contributed by atoms with Crippen LogP contribution in [-0.4, -0.2) is 35.7 Å². The predicted octanol–water partition coefficient (Wildman–Crippen LogP) is 6.58. The van der Waals surface area contributed by atoms with Crippen LogP contribution < -0.4 is 14.8 Å². The molecule has 4 rings (SSSR count). The van der Waals surface area contributed by atoms with E-state index < -0.39 is 0 Å². The van der Waals surface area contributed by atoms with Gasteiger partial charge >= 0.3 is 0 Å². The number of aryl methyl sites for hydroxylation is 1. The van der Waals surface area contributed by atoms with Crippen molar-refractivity contribution in [3.8, 4) is 11.5 Å². The van der Waals surface area contributed by atoms with Crippen molar-refractivity contribution in [1.82, 2.24) is 14.9 Å². The SMILES string of the molecule is C=CCc1ccc(OCCn2c(CCCCCNC(=O)Cc3ccccc3Cl)nc3ccccc32)c(OC)c1. The van der Waals surface area contributed by atoms with Crippen molar-refractivity contribution in [2.75, 3.05) is 20.3 Å². The summed E-state index contributed by atoms with van der Waals surface area (Å²) in [5, 5.41) is 3.63. The number of amides is 1. The number of imidazole rings is 1. The lowest BCUT2D eigenvalue weighted by Gasteiger charge is -2.14. The van der Waals surface area contributed by atoms with Gasteiger partial charge in [-0.25, -0.2) is 4.98 Å². The number of hydrogen-bond acceptors (Lipinski definition) is 4. The number of para-hydroxylation sites is 2. The summed E-state index contributed by atoms with van der Waals surface area (Å²) in [5.41, 5.74) is 4.09. The van der Waals surface area contributed by atoms with Crippen molar-refractivity contribution < 1.29 is 14.3 Å². The fourth-order valence-electron chi connectivity index (χ4n) is 4.63. The lowest BCUT2D eigenvalue weighted by atomic mass is 10.1. The number of carbonyl (C=O) groups is 1. The van der Waals surface area contributed by atoms with E-state index in [9.17, 15) is 4.79 Å². The monoisotopic (exact) mass is 545 g/mol. The molecule has 0 saturated heterocycles. The third-order valence-corrected chi connectivity index (χ3v) is 6.99. The van der Waals surface area contributed by atoms with Crippen LogP contribution in [0, 0.1) is 0 Å². The van der Waals surface area contributed by atoms with Crippen molar-refractivity contribution in [2.24, 2.45) is 0 Å². The highest BCUT2D eigenvalue weighted by atomic mass is 35.5. The van der Waals surface area contributed by atoms with Crippen LogP contribution in [0.15, 0.2) is 79.4 Å². The molecule has 0 bridgehead atoms. The second-order valence-corrected chi connectivity index (χ2v) is 9.83. The summed E-state index contributed by atoms with van der Waals surface area (Å²) >= 11 is 6.16. The normalized spacial score (nSPS) is 10.9. The smallest absolute Gasteiger partial charge is 0.224 e. The van der Waals surface area contributed by atoms with Crippen LogP contribution >= 0.6 is 11.6 Å². The number of halogens is 1. The molecule has 39 heavy (non-hydrogen) atoms. The second kappa shape index (κ2) is 14.4. The van der Waals surface area contributed by atoms with E-state index in [1.807, 2.05) is 66.7 Å². The van der Waals surface area contributed by atoms with Crippen LogP contribution in [0.4, 0.5) is 0 Å². The van der Waals surface area contributed by atoms with Gasteiger partial charge in [-0.1, -0.05) is 60.5 Å². The molecule has 1 amide bonds. The highest BCUT2D eigenvalue weighted by Gasteiger charge is 2.12. The molecule has 1 aromatic heterocycles. The number of hydrogen-bond donors (Lipinski definition) is 1. The molecule has 0 radical (unpaired) electrons. The molecule has 1 N–H and O–H groups in total. The van der Waals surface area contributed by atoms with E-state index in [1.54, 1.807) is 7.11 Å². The number of carbonyl (C=O) groups excluding carboxylic acids is 1. The molecule has 4 aromatic rings. The molecule has 1 heterocycles. The zero-order chi connectivity index (χ0) is 27.5. The maximum Gasteiger partial charge on any atom is 0.224 e. The van der Waals surface area contributed by atoms with Gasteiger partial charge in [0.15, 0.2) is 11.5 Å². The Morgan fingerprint density at radius 2 is 1.87 bits per heavy atom. The number of nitrogens with zero attached hydrogens (tertiary/aromatic N) is 2. The molecule has 7 heteroatoms. The molecule has 0 aliphatic carbocycles. The summed E-state index contributed by atoms with van der Waals surface area (Å²) in [5.74, 6) is 2.50. The molecule has 0 spiro atoms. The van der Waals surface area contributed by atoms with Crippen LogP contribution in [0.3, 0.4) is 0 Å². The Labute approximate surface area is 235 Å². The van der Waals surface area contributed by atoms with Crippen molar-refractivity contribution in [1.29, 1.82) is 0 Å². The molecular formula is C32H36ClN3O3. The van der Waals surface area contributed by atoms with E-state index in [0.29, 0.717) is 31.1 Å². The number of aromatic nitrogens is 2. The Kier molecular flexibility index (Phi) is 10.4. The number of unbranched alkanes of at least 4 members (excludes halogenated alkanes) is 2. The lowest BCUT2D eigenvalue weighted by molar-refractivity contribution is -0.120. The van der Waals surface area contributed by atoms with E-state index in [2.05, 4.69) is 22.5 Å². The first-order valence-corrected chi connectivity index (χ1v) is 13.8. The second-order valence-electron chi connectivity index (χ2n) is 9.42. The number of benzene rings is 3. The van der Waals surface area contributed by atoms with Gasteiger partial charge in [-0.3, -0.25) is 4.79 Å². The minimum atomic E-state index is -0.00290. The van der Waals surface area contributed by atoms with Crippen LogP contribution in [0.2, 0.25) is 5.02 Å². The van der Waals surface area contributed by atoms with Gasteiger partial charge in [-0.05, 0) is 60.7 Å². The van der Waals surface area contributed by atoms with E-state index in [0.717, 1.165) is 71.6 Å². The van der Waals surface area contributed by atoms with E-state index in [1.165, 1.54) is 0 Å². The molecule has 0 fully saturated rings. The third kappa shape index (κ3) is 7.87. The maximum absolute atomic E-state index is 12.2. The summed E-state index contributed by atoms with van der Waals surface area (Å²) in [6.45, 7) is 5.64. The zero-order valence-corrected chi connectivity index (χ0v) is 23.3. The van der Waals surface area contributed by atoms with Crippen LogP contribution in [0.1, 0.15) is 36.2 Å². The molecule has 0 saturated carbocycles. The molecular weight excluding hydrogens is 510 g/mol. The first kappa shape index (κ1) is 28.2. The average Bonchev–Trinajstić information content (AvgIpc) is 3.30. The Balaban J connectivity index is 1.27. The molecule has 0 aliphatic rings. The molecule has 204 valence electrons. The Bertz CT molecular complexity index is 1400. The first-order chi connectivity index (χ1) is 19.1. The summed E-state index contributed by atoms with van der Waals surface area (Å²) in [7, 11) is 1.66. The summed E-state index contributed by atoms with van der Waals surface area (Å²) < 4.78 is 13.9. The maximum atomic E-state index is 12.2. The average molecular weight is 546 g/mol. The fraction of sp³-hybridized carbons (Fsp3) is 0.312. The van der Waals surface area contributed by atoms with Crippen LogP contribution in [-0.2, 0) is 30.6 Å². The summed E-state index contributed by atoms with van der Waals surface area (Å²) in [6, 6.07) is 21.6. The fourth-order valence-corrected chi connectivity index (χ4v) is 4.83. The van der Waals surface area contributed by atoms with Gasteiger partial charge in [-0.15, -0.1) is 6.58 Å². The number of rotatable bonds is 15. The van der Waals surface area contributed by atoms with Gasteiger partial charge in [0.2, 0.25) is 5.91 Å². The van der Waals surface area contributed by atoms with Gasteiger partial charge in [0.05, 0.1) is 31.1 Å². The van der Waals surface area contributed by atoms with Gasteiger partial charge in [-0.2, -0.15) is 0 Å². The van der Waals surface area contributed by atoms with Crippen LogP contribution in [0.25, 0.3) is 11.0 Å². The molecule has 3 aromatic carbocycles. The molecule has 0 unspecified atom stereocenters. The quantitative estimate of drug-likeness (QED) is 0.135. The summed E-state index contributed by atoms with van der Waals surface area (Å²) in [4.78, 5) is 17.1. The van der Waals surface area contributed by atoms with E-state index >= 15 is 0 Å². The summed E-state index contributed by atoms with van der Waals surface area (Å²) in [6.07, 6.45) is 6.73. The Hall–Kier alpha value is -3.77. The van der Waals surface area contributed by atoms with Gasteiger partial charge in [0.25, 0.3) is 0 Å². The number of fused-ring (bicyclic) bond motifs is 1. The van der Waals surface area contributed by atoms with Crippen molar-refractivity contribution in [2.45, 2.75) is 45.1 Å². The minimum absolute atomic E-state index is 0.00290. The largest absolute Gasteiger partial charge is 0.493 e. The Morgan fingerprint density at radius 1 is 1.05 bits per heavy atom. The zero-order valence-electron chi connectivity index (χ0n) is 22.5. The van der Waals surface area contributed by atoms with Crippen molar-refractivity contribution in [3.05, 3.63) is 101 Å². The first-order valence-electron chi connectivity index (χ1n) is 13.4.